The molecule has 0 aliphatic carbocycles. The highest BCUT2D eigenvalue weighted by Gasteiger charge is 2.11. The van der Waals surface area contributed by atoms with E-state index in [0.29, 0.717) is 0 Å². The van der Waals surface area contributed by atoms with E-state index in [1.54, 1.807) is 0 Å². The monoisotopic (exact) mass is 300 g/mol. The SMILES string of the molecule is CCCCc1ccc(-c2cccc3c2oc2ccccc23)cc1. The zero-order valence-electron chi connectivity index (χ0n) is 13.4. The van der Waals surface area contributed by atoms with Gasteiger partial charge in [-0.05, 0) is 30.0 Å². The molecule has 0 aliphatic rings. The molecule has 0 atom stereocenters. The quantitative estimate of drug-likeness (QED) is 0.414. The maximum absolute atomic E-state index is 6.13. The first-order valence-electron chi connectivity index (χ1n) is 8.36. The predicted molar refractivity (Wildman–Crippen MR) is 97.8 cm³/mol. The number of para-hydroxylation sites is 2. The molecule has 0 spiro atoms. The summed E-state index contributed by atoms with van der Waals surface area (Å²) in [6, 6.07) is 23.6. The van der Waals surface area contributed by atoms with Crippen LogP contribution in [0.1, 0.15) is 25.3 Å². The van der Waals surface area contributed by atoms with Crippen LogP contribution in [0, 0.1) is 0 Å². The summed E-state index contributed by atoms with van der Waals surface area (Å²) in [4.78, 5) is 0. The van der Waals surface area contributed by atoms with Gasteiger partial charge in [0.1, 0.15) is 11.2 Å². The van der Waals surface area contributed by atoms with Gasteiger partial charge in [0, 0.05) is 16.3 Å². The summed E-state index contributed by atoms with van der Waals surface area (Å²) in [5.41, 5.74) is 5.73. The van der Waals surface area contributed by atoms with Crippen molar-refractivity contribution in [3.8, 4) is 11.1 Å². The first kappa shape index (κ1) is 14.1. The summed E-state index contributed by atoms with van der Waals surface area (Å²) in [7, 11) is 0. The zero-order chi connectivity index (χ0) is 15.6. The number of unbranched alkanes of at least 4 members (excludes halogenated alkanes) is 1. The molecule has 0 amide bonds. The lowest BCUT2D eigenvalue weighted by Crippen LogP contribution is -1.85. The van der Waals surface area contributed by atoms with Crippen molar-refractivity contribution < 1.29 is 4.42 Å². The summed E-state index contributed by atoms with van der Waals surface area (Å²) in [6.45, 7) is 2.23. The second-order valence-corrected chi connectivity index (χ2v) is 6.08. The Labute approximate surface area is 136 Å². The lowest BCUT2D eigenvalue weighted by atomic mass is 10.00. The van der Waals surface area contributed by atoms with Gasteiger partial charge in [0.25, 0.3) is 0 Å². The van der Waals surface area contributed by atoms with Crippen LogP contribution in [0.4, 0.5) is 0 Å². The normalized spacial score (nSPS) is 11.3. The smallest absolute Gasteiger partial charge is 0.143 e. The number of rotatable bonds is 4. The van der Waals surface area contributed by atoms with E-state index in [0.717, 1.165) is 17.6 Å². The standard InChI is InChI=1S/C22H20O/c1-2-3-7-16-12-14-17(15-13-16)18-9-6-10-20-19-8-4-5-11-21(19)23-22(18)20/h4-6,8-15H,2-3,7H2,1H3. The summed E-state index contributed by atoms with van der Waals surface area (Å²) in [6.07, 6.45) is 3.64. The Bertz CT molecular complexity index is 945. The van der Waals surface area contributed by atoms with Crippen molar-refractivity contribution in [2.24, 2.45) is 0 Å². The fourth-order valence-electron chi connectivity index (χ4n) is 3.21. The van der Waals surface area contributed by atoms with Crippen LogP contribution in [0.2, 0.25) is 0 Å². The number of aryl methyl sites for hydroxylation is 1. The molecular weight excluding hydrogens is 280 g/mol. The first-order valence-corrected chi connectivity index (χ1v) is 8.36. The molecule has 4 rings (SSSR count). The minimum absolute atomic E-state index is 0.953. The van der Waals surface area contributed by atoms with E-state index in [1.807, 2.05) is 12.1 Å². The van der Waals surface area contributed by atoms with Crippen molar-refractivity contribution in [1.82, 2.24) is 0 Å². The van der Waals surface area contributed by atoms with Gasteiger partial charge >= 0.3 is 0 Å². The molecule has 0 bridgehead atoms. The maximum atomic E-state index is 6.13. The third-order valence-corrected chi connectivity index (χ3v) is 4.49. The molecular formula is C22H20O. The summed E-state index contributed by atoms with van der Waals surface area (Å²) < 4.78 is 6.13. The second kappa shape index (κ2) is 5.92. The molecule has 0 saturated heterocycles. The third kappa shape index (κ3) is 2.53. The Morgan fingerprint density at radius 1 is 0.783 bits per heavy atom. The van der Waals surface area contributed by atoms with Crippen molar-refractivity contribution in [3.63, 3.8) is 0 Å². The average Bonchev–Trinajstić information content (AvgIpc) is 2.99. The molecule has 0 radical (unpaired) electrons. The molecule has 0 saturated carbocycles. The van der Waals surface area contributed by atoms with Crippen molar-refractivity contribution >= 4 is 21.9 Å². The highest BCUT2D eigenvalue weighted by Crippen LogP contribution is 2.35. The molecule has 4 aromatic rings. The van der Waals surface area contributed by atoms with Gasteiger partial charge < -0.3 is 4.42 Å². The molecule has 3 aromatic carbocycles. The highest BCUT2D eigenvalue weighted by atomic mass is 16.3. The Hall–Kier alpha value is -2.54. The van der Waals surface area contributed by atoms with Crippen molar-refractivity contribution in [2.75, 3.05) is 0 Å². The van der Waals surface area contributed by atoms with E-state index >= 15 is 0 Å². The van der Waals surface area contributed by atoms with E-state index in [-0.39, 0.29) is 0 Å². The van der Waals surface area contributed by atoms with Gasteiger partial charge in [0.05, 0.1) is 0 Å². The largest absolute Gasteiger partial charge is 0.455 e. The molecule has 0 N–H and O–H groups in total. The van der Waals surface area contributed by atoms with Crippen molar-refractivity contribution in [1.29, 1.82) is 0 Å². The summed E-state index contributed by atoms with van der Waals surface area (Å²) in [5, 5.41) is 2.37. The second-order valence-electron chi connectivity index (χ2n) is 6.08. The molecule has 0 aliphatic heterocycles. The van der Waals surface area contributed by atoms with Crippen LogP contribution in [-0.2, 0) is 6.42 Å². The first-order chi connectivity index (χ1) is 11.4. The highest BCUT2D eigenvalue weighted by molar-refractivity contribution is 6.09. The van der Waals surface area contributed by atoms with Gasteiger partial charge in [0.15, 0.2) is 0 Å². The maximum Gasteiger partial charge on any atom is 0.143 e. The van der Waals surface area contributed by atoms with Crippen molar-refractivity contribution in [2.45, 2.75) is 26.2 Å². The average molecular weight is 300 g/mol. The van der Waals surface area contributed by atoms with Crippen LogP contribution < -0.4 is 0 Å². The number of furan rings is 1. The minimum Gasteiger partial charge on any atom is -0.455 e. The minimum atomic E-state index is 0.953. The van der Waals surface area contributed by atoms with Crippen LogP contribution >= 0.6 is 0 Å². The Morgan fingerprint density at radius 3 is 2.39 bits per heavy atom. The van der Waals surface area contributed by atoms with Gasteiger partial charge in [-0.3, -0.25) is 0 Å². The molecule has 114 valence electrons. The molecule has 1 aromatic heterocycles. The van der Waals surface area contributed by atoms with Gasteiger partial charge in [-0.2, -0.15) is 0 Å². The van der Waals surface area contributed by atoms with Gasteiger partial charge in [-0.25, -0.2) is 0 Å². The fraction of sp³-hybridized carbons (Fsp3) is 0.182. The van der Waals surface area contributed by atoms with Crippen LogP contribution in [0.3, 0.4) is 0 Å². The number of hydrogen-bond acceptors (Lipinski definition) is 1. The molecule has 1 heteroatoms. The number of hydrogen-bond donors (Lipinski definition) is 0. The van der Waals surface area contributed by atoms with E-state index < -0.39 is 0 Å². The van der Waals surface area contributed by atoms with Crippen LogP contribution in [0.25, 0.3) is 33.1 Å². The van der Waals surface area contributed by atoms with E-state index in [1.165, 1.54) is 40.3 Å². The Morgan fingerprint density at radius 2 is 1.57 bits per heavy atom. The molecule has 1 heterocycles. The molecule has 1 nitrogen and oxygen atoms in total. The topological polar surface area (TPSA) is 13.1 Å². The van der Waals surface area contributed by atoms with E-state index in [9.17, 15) is 0 Å². The van der Waals surface area contributed by atoms with Crippen molar-refractivity contribution in [3.05, 3.63) is 72.3 Å². The Balaban J connectivity index is 1.82. The molecule has 0 fully saturated rings. The molecule has 23 heavy (non-hydrogen) atoms. The summed E-state index contributed by atoms with van der Waals surface area (Å²) >= 11 is 0. The molecule has 0 unspecified atom stereocenters. The fourth-order valence-corrected chi connectivity index (χ4v) is 3.21. The van der Waals surface area contributed by atoms with Crippen LogP contribution in [0.15, 0.2) is 71.1 Å². The van der Waals surface area contributed by atoms with Gasteiger partial charge in [0.2, 0.25) is 0 Å². The summed E-state index contributed by atoms with van der Waals surface area (Å²) in [5.74, 6) is 0. The Kier molecular flexibility index (Phi) is 3.63. The lowest BCUT2D eigenvalue weighted by Gasteiger charge is -2.05. The predicted octanol–water partition coefficient (Wildman–Crippen LogP) is 6.60. The van der Waals surface area contributed by atoms with Crippen LogP contribution in [0.5, 0.6) is 0 Å². The number of fused-ring (bicyclic) bond motifs is 3. The zero-order valence-corrected chi connectivity index (χ0v) is 13.4. The third-order valence-electron chi connectivity index (χ3n) is 4.49. The van der Waals surface area contributed by atoms with Crippen LogP contribution in [-0.4, -0.2) is 0 Å². The van der Waals surface area contributed by atoms with E-state index in [4.69, 9.17) is 4.42 Å². The van der Waals surface area contributed by atoms with Gasteiger partial charge in [-0.15, -0.1) is 0 Å². The lowest BCUT2D eigenvalue weighted by molar-refractivity contribution is 0.670. The van der Waals surface area contributed by atoms with E-state index in [2.05, 4.69) is 61.5 Å². The number of benzene rings is 3. The van der Waals surface area contributed by atoms with Gasteiger partial charge in [-0.1, -0.05) is 74.0 Å².